The lowest BCUT2D eigenvalue weighted by Crippen LogP contribution is -2.37. The molecule has 1 aromatic carbocycles. The third-order valence-corrected chi connectivity index (χ3v) is 4.60. The second-order valence-corrected chi connectivity index (χ2v) is 6.34. The Bertz CT molecular complexity index is 556. The van der Waals surface area contributed by atoms with Crippen molar-refractivity contribution >= 4 is 24.3 Å². The van der Waals surface area contributed by atoms with Crippen LogP contribution < -0.4 is 5.73 Å². The number of rotatable bonds is 7. The predicted octanol–water partition coefficient (Wildman–Crippen LogP) is 3.42. The molecule has 0 amide bonds. The molecule has 1 saturated carbocycles. The minimum absolute atomic E-state index is 0.0328. The van der Waals surface area contributed by atoms with Gasteiger partial charge in [0.15, 0.2) is 0 Å². The summed E-state index contributed by atoms with van der Waals surface area (Å²) in [6.45, 7) is 6.46. The maximum atomic E-state index is 11.6. The lowest BCUT2D eigenvalue weighted by molar-refractivity contribution is -0.143. The van der Waals surface area contributed by atoms with E-state index in [0.29, 0.717) is 18.2 Å². The van der Waals surface area contributed by atoms with Crippen LogP contribution in [0.1, 0.15) is 49.8 Å². The molecular weight excluding hydrogens is 300 g/mol. The number of esters is 1. The van der Waals surface area contributed by atoms with Gasteiger partial charge in [-0.05, 0) is 49.7 Å². The minimum atomic E-state index is -0.412. The molecule has 5 heteroatoms. The van der Waals surface area contributed by atoms with Crippen LogP contribution in [0.4, 0.5) is 0 Å². The van der Waals surface area contributed by atoms with Crippen LogP contribution in [0.25, 0.3) is 0 Å². The Morgan fingerprint density at radius 3 is 2.77 bits per heavy atom. The van der Waals surface area contributed by atoms with Gasteiger partial charge in [0.25, 0.3) is 0 Å². The van der Waals surface area contributed by atoms with Gasteiger partial charge >= 0.3 is 5.97 Å². The fourth-order valence-corrected chi connectivity index (χ4v) is 3.25. The van der Waals surface area contributed by atoms with Crippen LogP contribution in [0.3, 0.4) is 0 Å². The average Bonchev–Trinajstić information content (AvgIpc) is 2.42. The van der Waals surface area contributed by atoms with Gasteiger partial charge in [0.1, 0.15) is 0 Å². The normalized spacial score (nSPS) is 17.4. The molecule has 0 heterocycles. The molecule has 1 aromatic rings. The molecule has 4 nitrogen and oxygen atoms in total. The van der Waals surface area contributed by atoms with E-state index in [-0.39, 0.29) is 17.8 Å². The van der Waals surface area contributed by atoms with Gasteiger partial charge in [0.05, 0.1) is 13.0 Å². The zero-order chi connectivity index (χ0) is 16.2. The highest BCUT2D eigenvalue weighted by atomic mass is 35.5. The minimum Gasteiger partial charge on any atom is -0.466 e. The van der Waals surface area contributed by atoms with Gasteiger partial charge in [0.2, 0.25) is 0 Å². The first-order valence-corrected chi connectivity index (χ1v) is 8.03. The highest BCUT2D eigenvalue weighted by Crippen LogP contribution is 2.45. The fourth-order valence-electron chi connectivity index (χ4n) is 3.01. The highest BCUT2D eigenvalue weighted by molar-refractivity contribution is 6.30. The Kier molecular flexibility index (Phi) is 5.59. The summed E-state index contributed by atoms with van der Waals surface area (Å²) >= 11 is 6.26. The van der Waals surface area contributed by atoms with E-state index in [1.54, 1.807) is 6.92 Å². The predicted molar refractivity (Wildman–Crippen MR) is 89.6 cm³/mol. The summed E-state index contributed by atoms with van der Waals surface area (Å²) < 4.78 is 4.96. The number of hydrogen-bond acceptors (Lipinski definition) is 4. The summed E-state index contributed by atoms with van der Waals surface area (Å²) in [4.78, 5) is 15.7. The van der Waals surface area contributed by atoms with E-state index in [1.807, 2.05) is 12.1 Å². The van der Waals surface area contributed by atoms with Crippen LogP contribution in [-0.4, -0.2) is 25.8 Å². The summed E-state index contributed by atoms with van der Waals surface area (Å²) in [6, 6.07) is 5.44. The van der Waals surface area contributed by atoms with Crippen molar-refractivity contribution in [3.63, 3.8) is 0 Å². The molecule has 120 valence electrons. The number of hydrogen-bond donors (Lipinski definition) is 1. The first-order chi connectivity index (χ1) is 10.5. The van der Waals surface area contributed by atoms with E-state index >= 15 is 0 Å². The van der Waals surface area contributed by atoms with Crippen molar-refractivity contribution in [2.24, 2.45) is 10.7 Å². The van der Waals surface area contributed by atoms with E-state index < -0.39 is 6.04 Å². The van der Waals surface area contributed by atoms with E-state index in [9.17, 15) is 4.79 Å². The first kappa shape index (κ1) is 17.0. The number of ether oxygens (including phenoxy) is 1. The molecule has 0 bridgehead atoms. The number of aliphatic imine (C=N–C) groups is 1. The Balaban J connectivity index is 2.23. The van der Waals surface area contributed by atoms with Crippen molar-refractivity contribution < 1.29 is 9.53 Å². The lowest BCUT2D eigenvalue weighted by Gasteiger charge is -2.41. The Morgan fingerprint density at radius 1 is 1.50 bits per heavy atom. The van der Waals surface area contributed by atoms with Gasteiger partial charge in [-0.25, -0.2) is 0 Å². The molecule has 0 spiro atoms. The third kappa shape index (κ3) is 3.68. The molecule has 22 heavy (non-hydrogen) atoms. The molecule has 1 aliphatic rings. The molecule has 2 rings (SSSR count). The molecule has 2 N–H and O–H groups in total. The number of benzene rings is 1. The van der Waals surface area contributed by atoms with Crippen molar-refractivity contribution in [3.8, 4) is 0 Å². The molecule has 1 aliphatic carbocycles. The van der Waals surface area contributed by atoms with Gasteiger partial charge in [0, 0.05) is 23.0 Å². The Labute approximate surface area is 136 Å². The van der Waals surface area contributed by atoms with Crippen molar-refractivity contribution in [1.29, 1.82) is 0 Å². The number of halogens is 1. The summed E-state index contributed by atoms with van der Waals surface area (Å²) in [5.41, 5.74) is 8.19. The van der Waals surface area contributed by atoms with Crippen LogP contribution in [0.5, 0.6) is 0 Å². The van der Waals surface area contributed by atoms with Crippen molar-refractivity contribution in [2.75, 3.05) is 13.2 Å². The summed E-state index contributed by atoms with van der Waals surface area (Å²) in [5, 5.41) is 0.641. The lowest BCUT2D eigenvalue weighted by atomic mass is 9.64. The maximum Gasteiger partial charge on any atom is 0.307 e. The summed E-state index contributed by atoms with van der Waals surface area (Å²) in [5.74, 6) is -0.289. The second-order valence-electron chi connectivity index (χ2n) is 5.90. The van der Waals surface area contributed by atoms with Gasteiger partial charge < -0.3 is 15.5 Å². The van der Waals surface area contributed by atoms with Crippen LogP contribution in [-0.2, 0) is 14.9 Å². The average molecular weight is 323 g/mol. The zero-order valence-corrected chi connectivity index (χ0v) is 13.7. The van der Waals surface area contributed by atoms with Crippen LogP contribution >= 0.6 is 11.6 Å². The third-order valence-electron chi connectivity index (χ3n) is 4.38. The van der Waals surface area contributed by atoms with E-state index in [0.717, 1.165) is 24.0 Å². The van der Waals surface area contributed by atoms with Crippen LogP contribution in [0.2, 0.25) is 5.02 Å². The summed E-state index contributed by atoms with van der Waals surface area (Å²) in [7, 11) is 0. The highest BCUT2D eigenvalue weighted by Gasteiger charge is 2.38. The van der Waals surface area contributed by atoms with E-state index in [2.05, 4.69) is 17.8 Å². The first-order valence-electron chi connectivity index (χ1n) is 7.65. The summed E-state index contributed by atoms with van der Waals surface area (Å²) in [6.07, 6.45) is 3.50. The number of carbonyl (C=O) groups is 1. The van der Waals surface area contributed by atoms with E-state index in [1.165, 1.54) is 6.42 Å². The number of carbonyl (C=O) groups excluding carboxylic acids is 1. The van der Waals surface area contributed by atoms with Crippen molar-refractivity contribution in [2.45, 2.75) is 44.1 Å². The molecule has 0 saturated heterocycles. The smallest absolute Gasteiger partial charge is 0.307 e. The zero-order valence-electron chi connectivity index (χ0n) is 13.0. The van der Waals surface area contributed by atoms with Gasteiger partial charge in [-0.1, -0.05) is 24.1 Å². The van der Waals surface area contributed by atoms with Crippen molar-refractivity contribution in [1.82, 2.24) is 0 Å². The molecule has 1 unspecified atom stereocenters. The SMILES string of the molecule is C=NCC1(c2cc(Cl)cc(C(N)CC(=O)OCC)c2)CCC1. The number of nitrogens with zero attached hydrogens (tertiary/aromatic N) is 1. The molecule has 0 aromatic heterocycles. The monoisotopic (exact) mass is 322 g/mol. The molecular formula is C17H23ClN2O2. The van der Waals surface area contributed by atoms with Gasteiger partial charge in [-0.3, -0.25) is 4.79 Å². The quantitative estimate of drug-likeness (QED) is 0.618. The van der Waals surface area contributed by atoms with Crippen LogP contribution in [0, 0.1) is 0 Å². The van der Waals surface area contributed by atoms with Gasteiger partial charge in [-0.2, -0.15) is 0 Å². The van der Waals surface area contributed by atoms with Crippen molar-refractivity contribution in [3.05, 3.63) is 34.3 Å². The molecule has 1 fully saturated rings. The van der Waals surface area contributed by atoms with Gasteiger partial charge in [-0.15, -0.1) is 0 Å². The fraction of sp³-hybridized carbons (Fsp3) is 0.529. The molecule has 0 radical (unpaired) electrons. The number of nitrogens with two attached hydrogens (primary N) is 1. The maximum absolute atomic E-state index is 11.6. The standard InChI is InChI=1S/C17H23ClN2O2/c1-3-22-16(21)10-15(19)12-7-13(9-14(18)8-12)17(11-20-2)5-4-6-17/h7-9,15H,2-6,10-11,19H2,1H3. The molecule has 0 aliphatic heterocycles. The van der Waals surface area contributed by atoms with Crippen LogP contribution in [0.15, 0.2) is 23.2 Å². The molecule has 1 atom stereocenters. The second kappa shape index (κ2) is 7.25. The Hall–Kier alpha value is -1.39. The largest absolute Gasteiger partial charge is 0.466 e. The Morgan fingerprint density at radius 2 is 2.23 bits per heavy atom. The topological polar surface area (TPSA) is 64.7 Å². The van der Waals surface area contributed by atoms with E-state index in [4.69, 9.17) is 22.1 Å².